The minimum absolute atomic E-state index is 0.552. The van der Waals surface area contributed by atoms with Crippen molar-refractivity contribution in [1.29, 1.82) is 0 Å². The van der Waals surface area contributed by atoms with Gasteiger partial charge in [-0.05, 0) is 33.3 Å². The number of nitrogens with one attached hydrogen (secondary N) is 1. The van der Waals surface area contributed by atoms with Crippen molar-refractivity contribution in [3.05, 3.63) is 35.4 Å². The summed E-state index contributed by atoms with van der Waals surface area (Å²) < 4.78 is 33.1. The summed E-state index contributed by atoms with van der Waals surface area (Å²) >= 11 is 0. The number of ether oxygens (including phenoxy) is 1. The molecule has 1 rings (SSSR count). The summed E-state index contributed by atoms with van der Waals surface area (Å²) in [6.45, 7) is 7.22. The number of carbonyl (C=O) groups is 1. The van der Waals surface area contributed by atoms with Gasteiger partial charge in [0.1, 0.15) is 0 Å². The molecule has 0 amide bonds. The summed E-state index contributed by atoms with van der Waals surface area (Å²) in [4.78, 5) is 11.5. The van der Waals surface area contributed by atoms with E-state index in [1.807, 2.05) is 19.1 Å². The molecule has 1 N–H and O–H groups in total. The van der Waals surface area contributed by atoms with Crippen molar-refractivity contribution >= 4 is 17.0 Å². The van der Waals surface area contributed by atoms with Crippen LogP contribution in [0, 0.1) is 6.92 Å². The summed E-state index contributed by atoms with van der Waals surface area (Å²) in [6.07, 6.45) is -1.93. The smallest absolute Gasteiger partial charge is 0.342 e. The van der Waals surface area contributed by atoms with E-state index in [2.05, 4.69) is 9.46 Å². The van der Waals surface area contributed by atoms with Crippen molar-refractivity contribution < 1.29 is 18.1 Å². The second kappa shape index (κ2) is 7.13. The molecule has 0 radical (unpaired) electrons. The van der Waals surface area contributed by atoms with Crippen molar-refractivity contribution in [3.8, 4) is 0 Å². The van der Waals surface area contributed by atoms with Crippen LogP contribution in [-0.2, 0) is 20.5 Å². The van der Waals surface area contributed by atoms with Gasteiger partial charge in [0, 0.05) is 0 Å². The predicted molar refractivity (Wildman–Crippen MR) is 81.9 cm³/mol. The molecule has 0 heterocycles. The van der Waals surface area contributed by atoms with Crippen LogP contribution in [0.25, 0.3) is 0 Å². The first-order valence-electron chi connectivity index (χ1n) is 6.63. The summed E-state index contributed by atoms with van der Waals surface area (Å²) in [6, 6.07) is 6.03. The molecule has 118 valence electrons. The first-order chi connectivity index (χ1) is 9.66. The fourth-order valence-electron chi connectivity index (χ4n) is 1.61. The van der Waals surface area contributed by atoms with Crippen molar-refractivity contribution in [2.24, 2.45) is 0 Å². The van der Waals surface area contributed by atoms with E-state index in [9.17, 15) is 13.4 Å². The molecule has 1 aromatic carbocycles. The minimum atomic E-state index is -1.93. The SMILES string of the molecule is COC(=O)C(F)C(NS(=O)C(C)(C)C)c1ccc(C)cc1. The van der Waals surface area contributed by atoms with E-state index < -0.39 is 33.9 Å². The van der Waals surface area contributed by atoms with Gasteiger partial charge in [0.25, 0.3) is 0 Å². The average Bonchev–Trinajstić information content (AvgIpc) is 2.43. The van der Waals surface area contributed by atoms with Gasteiger partial charge in [-0.1, -0.05) is 29.8 Å². The Balaban J connectivity index is 3.08. The number of rotatable bonds is 5. The van der Waals surface area contributed by atoms with E-state index in [4.69, 9.17) is 0 Å². The number of aryl methyl sites for hydroxylation is 1. The molecule has 0 fully saturated rings. The highest BCUT2D eigenvalue weighted by atomic mass is 32.2. The molecule has 4 nitrogen and oxygen atoms in total. The van der Waals surface area contributed by atoms with Crippen molar-refractivity contribution in [2.75, 3.05) is 7.11 Å². The summed E-state index contributed by atoms with van der Waals surface area (Å²) in [7, 11) is -0.383. The van der Waals surface area contributed by atoms with E-state index in [0.29, 0.717) is 5.56 Å². The number of esters is 1. The molecule has 6 heteroatoms. The van der Waals surface area contributed by atoms with Crippen LogP contribution in [0.5, 0.6) is 0 Å². The standard InChI is InChI=1S/C15H22FNO3S/c1-10-6-8-11(9-7-10)13(12(16)14(18)20-5)17-21(19)15(2,3)4/h6-9,12-13,17H,1-5H3. The average molecular weight is 315 g/mol. The van der Waals surface area contributed by atoms with Crippen LogP contribution < -0.4 is 4.72 Å². The third kappa shape index (κ3) is 4.89. The Morgan fingerprint density at radius 1 is 1.29 bits per heavy atom. The Bertz CT molecular complexity index is 511. The maximum Gasteiger partial charge on any atom is 0.342 e. The summed E-state index contributed by atoms with van der Waals surface area (Å²) in [5.41, 5.74) is 1.57. The molecular weight excluding hydrogens is 293 g/mol. The zero-order chi connectivity index (χ0) is 16.2. The monoisotopic (exact) mass is 315 g/mol. The van der Waals surface area contributed by atoms with Crippen LogP contribution in [0.3, 0.4) is 0 Å². The fraction of sp³-hybridized carbons (Fsp3) is 0.533. The zero-order valence-corrected chi connectivity index (χ0v) is 13.8. The first-order valence-corrected chi connectivity index (χ1v) is 7.78. The number of halogens is 1. The van der Waals surface area contributed by atoms with Crippen molar-refractivity contribution in [2.45, 2.75) is 44.7 Å². The number of hydrogen-bond donors (Lipinski definition) is 1. The Kier molecular flexibility index (Phi) is 6.04. The van der Waals surface area contributed by atoms with Gasteiger partial charge in [-0.25, -0.2) is 18.1 Å². The van der Waals surface area contributed by atoms with Gasteiger partial charge < -0.3 is 4.74 Å². The second-order valence-electron chi connectivity index (χ2n) is 5.81. The van der Waals surface area contributed by atoms with E-state index in [0.717, 1.165) is 12.7 Å². The first kappa shape index (κ1) is 17.8. The number of methoxy groups -OCH3 is 1. The van der Waals surface area contributed by atoms with Gasteiger partial charge in [-0.3, -0.25) is 0 Å². The highest BCUT2D eigenvalue weighted by Gasteiger charge is 2.34. The molecule has 0 bridgehead atoms. The number of benzene rings is 1. The Hall–Kier alpha value is -1.27. The topological polar surface area (TPSA) is 55.4 Å². The van der Waals surface area contributed by atoms with Gasteiger partial charge in [-0.2, -0.15) is 0 Å². The normalized spacial score (nSPS) is 16.1. The summed E-state index contributed by atoms with van der Waals surface area (Å²) in [5, 5.41) is 0. The number of carbonyl (C=O) groups excluding carboxylic acids is 1. The van der Waals surface area contributed by atoms with E-state index in [-0.39, 0.29) is 0 Å². The Morgan fingerprint density at radius 3 is 2.24 bits per heavy atom. The third-order valence-corrected chi connectivity index (χ3v) is 4.53. The highest BCUT2D eigenvalue weighted by Crippen LogP contribution is 2.24. The van der Waals surface area contributed by atoms with Crippen molar-refractivity contribution in [1.82, 2.24) is 4.72 Å². The van der Waals surface area contributed by atoms with E-state index in [1.165, 1.54) is 0 Å². The lowest BCUT2D eigenvalue weighted by atomic mass is 10.0. The minimum Gasteiger partial charge on any atom is -0.467 e. The lowest BCUT2D eigenvalue weighted by Gasteiger charge is -2.26. The van der Waals surface area contributed by atoms with Crippen LogP contribution in [0.2, 0.25) is 0 Å². The number of hydrogen-bond acceptors (Lipinski definition) is 3. The van der Waals surface area contributed by atoms with Crippen molar-refractivity contribution in [3.63, 3.8) is 0 Å². The molecule has 0 saturated heterocycles. The number of alkyl halides is 1. The molecule has 1 aromatic rings. The zero-order valence-electron chi connectivity index (χ0n) is 13.0. The van der Waals surface area contributed by atoms with Crippen LogP contribution in [0.15, 0.2) is 24.3 Å². The molecule has 21 heavy (non-hydrogen) atoms. The molecular formula is C15H22FNO3S. The molecule has 3 unspecified atom stereocenters. The lowest BCUT2D eigenvalue weighted by Crippen LogP contribution is -2.41. The maximum atomic E-state index is 14.3. The lowest BCUT2D eigenvalue weighted by molar-refractivity contribution is -0.147. The van der Waals surface area contributed by atoms with E-state index in [1.54, 1.807) is 32.9 Å². The molecule has 0 aliphatic rings. The quantitative estimate of drug-likeness (QED) is 0.850. The van der Waals surface area contributed by atoms with Gasteiger partial charge >= 0.3 is 5.97 Å². The van der Waals surface area contributed by atoms with Gasteiger partial charge in [0.15, 0.2) is 0 Å². The van der Waals surface area contributed by atoms with E-state index >= 15 is 0 Å². The Labute approximate surface area is 127 Å². The molecule has 0 aromatic heterocycles. The predicted octanol–water partition coefficient (Wildman–Crippen LogP) is 2.60. The second-order valence-corrected chi connectivity index (χ2v) is 7.81. The molecule has 0 aliphatic carbocycles. The molecule has 3 atom stereocenters. The van der Waals surface area contributed by atoms with Crippen LogP contribution in [0.4, 0.5) is 4.39 Å². The van der Waals surface area contributed by atoms with Gasteiger partial charge in [0.2, 0.25) is 6.17 Å². The largest absolute Gasteiger partial charge is 0.467 e. The molecule has 0 spiro atoms. The highest BCUT2D eigenvalue weighted by molar-refractivity contribution is 7.84. The molecule has 0 aliphatic heterocycles. The third-order valence-electron chi connectivity index (χ3n) is 2.95. The van der Waals surface area contributed by atoms with Gasteiger partial charge in [0.05, 0.1) is 28.9 Å². The maximum absolute atomic E-state index is 14.3. The Morgan fingerprint density at radius 2 is 1.81 bits per heavy atom. The van der Waals surface area contributed by atoms with Gasteiger partial charge in [-0.15, -0.1) is 0 Å². The van der Waals surface area contributed by atoms with Crippen LogP contribution in [0.1, 0.15) is 37.9 Å². The van der Waals surface area contributed by atoms with Crippen LogP contribution >= 0.6 is 0 Å². The molecule has 0 saturated carbocycles. The fourth-order valence-corrected chi connectivity index (χ4v) is 2.45. The summed E-state index contributed by atoms with van der Waals surface area (Å²) in [5.74, 6) is -0.987. The van der Waals surface area contributed by atoms with Crippen LogP contribution in [-0.4, -0.2) is 28.2 Å².